The van der Waals surface area contributed by atoms with E-state index in [2.05, 4.69) is 4.98 Å². The number of aromatic nitrogens is 1. The van der Waals surface area contributed by atoms with Crippen LogP contribution >= 0.6 is 0 Å². The second kappa shape index (κ2) is 4.06. The van der Waals surface area contributed by atoms with Crippen LogP contribution in [0.3, 0.4) is 0 Å². The van der Waals surface area contributed by atoms with Crippen molar-refractivity contribution in [3.63, 3.8) is 0 Å². The Morgan fingerprint density at radius 1 is 0.905 bits per heavy atom. The Morgan fingerprint density at radius 3 is 2.57 bits per heavy atom. The zero-order valence-corrected chi connectivity index (χ0v) is 10.9. The second-order valence-corrected chi connectivity index (χ2v) is 5.13. The number of carbonyl (C=O) groups is 3. The van der Waals surface area contributed by atoms with Crippen LogP contribution in [0.5, 0.6) is 0 Å². The molecule has 4 rings (SSSR count). The average molecular weight is 275 g/mol. The molecule has 0 saturated carbocycles. The van der Waals surface area contributed by atoms with Crippen molar-refractivity contribution in [2.75, 3.05) is 0 Å². The van der Waals surface area contributed by atoms with E-state index in [1.807, 2.05) is 12.1 Å². The molecule has 4 nitrogen and oxygen atoms in total. The number of rotatable bonds is 0. The van der Waals surface area contributed by atoms with Crippen LogP contribution in [0.15, 0.2) is 18.2 Å². The van der Waals surface area contributed by atoms with Gasteiger partial charge in [0.25, 0.3) is 0 Å². The Bertz CT molecular complexity index is 1110. The SMILES string of the molecule is O=C1C=c2nc3ccc4c(c3cc2=CC1)=CC(=O)C(=O)C=4. The van der Waals surface area contributed by atoms with Crippen LogP contribution < -0.4 is 21.0 Å². The predicted molar refractivity (Wildman–Crippen MR) is 77.7 cm³/mol. The van der Waals surface area contributed by atoms with Gasteiger partial charge in [-0.1, -0.05) is 12.1 Å². The summed E-state index contributed by atoms with van der Waals surface area (Å²) in [5.41, 5.74) is 0.707. The molecule has 1 aromatic heterocycles. The Balaban J connectivity index is 2.22. The first-order chi connectivity index (χ1) is 10.1. The van der Waals surface area contributed by atoms with Crippen molar-refractivity contribution in [3.05, 3.63) is 39.2 Å². The van der Waals surface area contributed by atoms with Crippen molar-refractivity contribution in [2.45, 2.75) is 6.42 Å². The summed E-state index contributed by atoms with van der Waals surface area (Å²) in [6, 6.07) is 5.49. The standard InChI is InChI=1S/C17H9NO3/c19-11-3-1-10-5-13-12-8-17(21)16(20)6-9(12)2-4-14(13)18-15(10)7-11/h1-2,4-8H,3H2. The van der Waals surface area contributed by atoms with Crippen molar-refractivity contribution in [1.82, 2.24) is 4.98 Å². The summed E-state index contributed by atoms with van der Waals surface area (Å²) in [7, 11) is 0. The first kappa shape index (κ1) is 11.9. The van der Waals surface area contributed by atoms with E-state index in [9.17, 15) is 14.4 Å². The number of nitrogens with zero attached hydrogens (tertiary/aromatic N) is 1. The third-order valence-electron chi connectivity index (χ3n) is 3.76. The average Bonchev–Trinajstić information content (AvgIpc) is 2.47. The van der Waals surface area contributed by atoms with Crippen molar-refractivity contribution in [2.24, 2.45) is 0 Å². The fraction of sp³-hybridized carbons (Fsp3) is 0.0588. The zero-order valence-electron chi connectivity index (χ0n) is 10.9. The fourth-order valence-corrected chi connectivity index (χ4v) is 2.72. The fourth-order valence-electron chi connectivity index (χ4n) is 2.72. The molecule has 1 aromatic carbocycles. The van der Waals surface area contributed by atoms with Crippen LogP contribution in [0.4, 0.5) is 0 Å². The molecule has 0 spiro atoms. The summed E-state index contributed by atoms with van der Waals surface area (Å²) < 4.78 is 0. The smallest absolute Gasteiger partial charge is 0.226 e. The molecule has 0 fully saturated rings. The highest BCUT2D eigenvalue weighted by atomic mass is 16.2. The number of hydrogen-bond acceptors (Lipinski definition) is 4. The third kappa shape index (κ3) is 1.76. The molecule has 0 amide bonds. The second-order valence-electron chi connectivity index (χ2n) is 5.13. The lowest BCUT2D eigenvalue weighted by molar-refractivity contribution is -0.129. The Hall–Kier alpha value is -2.88. The van der Waals surface area contributed by atoms with Crippen LogP contribution in [-0.4, -0.2) is 22.3 Å². The van der Waals surface area contributed by atoms with Crippen LogP contribution in [0.25, 0.3) is 35.2 Å². The first-order valence-electron chi connectivity index (χ1n) is 6.58. The maximum absolute atomic E-state index is 11.6. The van der Waals surface area contributed by atoms with Gasteiger partial charge in [-0.25, -0.2) is 4.98 Å². The lowest BCUT2D eigenvalue weighted by Crippen LogP contribution is -2.37. The van der Waals surface area contributed by atoms with Crippen LogP contribution in [0.2, 0.25) is 0 Å². The number of fused-ring (bicyclic) bond motifs is 4. The maximum Gasteiger partial charge on any atom is 0.226 e. The molecule has 2 aliphatic rings. The van der Waals surface area contributed by atoms with Crippen LogP contribution in [-0.2, 0) is 14.4 Å². The Morgan fingerprint density at radius 2 is 1.71 bits per heavy atom. The highest BCUT2D eigenvalue weighted by Gasteiger charge is 2.13. The minimum absolute atomic E-state index is 0.0352. The number of benzene rings is 1. The summed E-state index contributed by atoms with van der Waals surface area (Å²) >= 11 is 0. The Kier molecular flexibility index (Phi) is 2.30. The van der Waals surface area contributed by atoms with Crippen LogP contribution in [0.1, 0.15) is 6.42 Å². The summed E-state index contributed by atoms with van der Waals surface area (Å²) in [5.74, 6) is -0.982. The molecule has 21 heavy (non-hydrogen) atoms. The number of pyridine rings is 1. The van der Waals surface area contributed by atoms with Gasteiger partial charge in [0.05, 0.1) is 10.9 Å². The normalized spacial score (nSPS) is 16.3. The molecule has 0 N–H and O–H groups in total. The van der Waals surface area contributed by atoms with Crippen molar-refractivity contribution < 1.29 is 14.4 Å². The molecule has 2 aromatic rings. The van der Waals surface area contributed by atoms with E-state index >= 15 is 0 Å². The maximum atomic E-state index is 11.6. The number of carbonyl (C=O) groups excluding carboxylic acids is 3. The van der Waals surface area contributed by atoms with E-state index in [-0.39, 0.29) is 5.78 Å². The lowest BCUT2D eigenvalue weighted by atomic mass is 10.0. The molecule has 100 valence electrons. The number of Topliss-reactive ketones (excluding diaryl/α,β-unsaturated/α-hetero) is 3. The minimum Gasteiger partial charge on any atom is -0.294 e. The molecule has 0 bridgehead atoms. The van der Waals surface area contributed by atoms with Crippen LogP contribution in [0, 0.1) is 0 Å². The van der Waals surface area contributed by atoms with Crippen molar-refractivity contribution in [1.29, 1.82) is 0 Å². The van der Waals surface area contributed by atoms with Gasteiger partial charge in [0.2, 0.25) is 11.6 Å². The number of hydrogen-bond donors (Lipinski definition) is 0. The molecule has 2 aliphatic carbocycles. The van der Waals surface area contributed by atoms with Gasteiger partial charge in [0.1, 0.15) is 0 Å². The molecule has 0 atom stereocenters. The van der Waals surface area contributed by atoms with E-state index in [0.29, 0.717) is 17.3 Å². The lowest BCUT2D eigenvalue weighted by Gasteiger charge is -2.05. The molecule has 0 unspecified atom stereocenters. The minimum atomic E-state index is -0.515. The van der Waals surface area contributed by atoms with Gasteiger partial charge in [-0.15, -0.1) is 0 Å². The van der Waals surface area contributed by atoms with E-state index in [1.54, 1.807) is 18.2 Å². The molecule has 0 radical (unpaired) electrons. The summed E-state index contributed by atoms with van der Waals surface area (Å²) in [4.78, 5) is 39.0. The zero-order chi connectivity index (χ0) is 14.6. The topological polar surface area (TPSA) is 64.1 Å². The highest BCUT2D eigenvalue weighted by Crippen LogP contribution is 2.02. The highest BCUT2D eigenvalue weighted by molar-refractivity contribution is 6.57. The van der Waals surface area contributed by atoms with Gasteiger partial charge in [0, 0.05) is 17.9 Å². The monoisotopic (exact) mass is 275 g/mol. The van der Waals surface area contributed by atoms with Gasteiger partial charge >= 0.3 is 0 Å². The van der Waals surface area contributed by atoms with Gasteiger partial charge in [-0.05, 0) is 39.9 Å². The molecule has 0 aliphatic heterocycles. The predicted octanol–water partition coefficient (Wildman–Crippen LogP) is -1.52. The molecular weight excluding hydrogens is 266 g/mol. The van der Waals surface area contributed by atoms with Gasteiger partial charge in [0.15, 0.2) is 5.78 Å². The van der Waals surface area contributed by atoms with Gasteiger partial charge < -0.3 is 0 Å². The van der Waals surface area contributed by atoms with E-state index < -0.39 is 11.6 Å². The summed E-state index contributed by atoms with van der Waals surface area (Å²) in [6.45, 7) is 0. The molecule has 0 saturated heterocycles. The van der Waals surface area contributed by atoms with Crippen molar-refractivity contribution in [3.8, 4) is 0 Å². The number of ketones is 3. The van der Waals surface area contributed by atoms with Gasteiger partial charge in [-0.3, -0.25) is 14.4 Å². The third-order valence-corrected chi connectivity index (χ3v) is 3.76. The summed E-state index contributed by atoms with van der Waals surface area (Å²) in [6.07, 6.45) is 6.46. The quantitative estimate of drug-likeness (QED) is 0.548. The van der Waals surface area contributed by atoms with E-state index in [0.717, 1.165) is 21.0 Å². The van der Waals surface area contributed by atoms with Gasteiger partial charge in [-0.2, -0.15) is 0 Å². The Labute approximate surface area is 118 Å². The molecule has 4 heteroatoms. The van der Waals surface area contributed by atoms with E-state index in [1.165, 1.54) is 12.2 Å². The molecule has 1 heterocycles. The summed E-state index contributed by atoms with van der Waals surface area (Å²) in [5, 5.41) is 3.80. The van der Waals surface area contributed by atoms with E-state index in [4.69, 9.17) is 0 Å². The van der Waals surface area contributed by atoms with Crippen molar-refractivity contribution >= 4 is 52.6 Å². The first-order valence-corrected chi connectivity index (χ1v) is 6.58. The largest absolute Gasteiger partial charge is 0.294 e. The molecular formula is C17H9NO3.